The third-order valence-corrected chi connectivity index (χ3v) is 2.86. The zero-order valence-electron chi connectivity index (χ0n) is 12.9. The highest BCUT2D eigenvalue weighted by atomic mass is 16.7. The topological polar surface area (TPSA) is 72.8 Å². The number of benzene rings is 1. The van der Waals surface area contributed by atoms with E-state index in [-0.39, 0.29) is 12.3 Å². The summed E-state index contributed by atoms with van der Waals surface area (Å²) < 4.78 is 10.1. The second-order valence-corrected chi connectivity index (χ2v) is 5.84. The number of ether oxygens (including phenoxy) is 2. The van der Waals surface area contributed by atoms with Gasteiger partial charge in [0.05, 0.1) is 6.42 Å². The average molecular weight is 294 g/mol. The van der Waals surface area contributed by atoms with Crippen molar-refractivity contribution in [1.29, 1.82) is 0 Å². The molecule has 0 aromatic heterocycles. The van der Waals surface area contributed by atoms with Gasteiger partial charge >= 0.3 is 12.1 Å². The molecule has 1 N–H and O–H groups in total. The van der Waals surface area contributed by atoms with Gasteiger partial charge in [-0.05, 0) is 50.8 Å². The molecule has 0 aliphatic rings. The van der Waals surface area contributed by atoms with Crippen LogP contribution in [0.25, 0.3) is 0 Å². The summed E-state index contributed by atoms with van der Waals surface area (Å²) in [5, 5.41) is 8.87. The van der Waals surface area contributed by atoms with Crippen LogP contribution in [0.3, 0.4) is 0 Å². The minimum absolute atomic E-state index is 0.0434. The van der Waals surface area contributed by atoms with E-state index in [0.29, 0.717) is 5.75 Å². The molecule has 5 heteroatoms. The Morgan fingerprint density at radius 3 is 2.19 bits per heavy atom. The van der Waals surface area contributed by atoms with E-state index in [1.165, 1.54) is 0 Å². The van der Waals surface area contributed by atoms with Crippen molar-refractivity contribution >= 4 is 12.1 Å². The Morgan fingerprint density at radius 2 is 1.76 bits per heavy atom. The highest BCUT2D eigenvalue weighted by Gasteiger charge is 2.18. The van der Waals surface area contributed by atoms with Gasteiger partial charge in [-0.25, -0.2) is 4.79 Å². The Labute approximate surface area is 124 Å². The maximum absolute atomic E-state index is 11.5. The first-order valence-corrected chi connectivity index (χ1v) is 6.94. The number of carboxylic acid groups (broad SMARTS) is 1. The van der Waals surface area contributed by atoms with Crippen molar-refractivity contribution in [2.45, 2.75) is 52.1 Å². The highest BCUT2D eigenvalue weighted by Crippen LogP contribution is 2.25. The number of hydrogen-bond donors (Lipinski definition) is 1. The predicted octanol–water partition coefficient (Wildman–Crippen LogP) is 3.97. The van der Waals surface area contributed by atoms with Crippen LogP contribution in [0.2, 0.25) is 0 Å². The summed E-state index contributed by atoms with van der Waals surface area (Å²) in [4.78, 5) is 22.3. The maximum atomic E-state index is 11.5. The zero-order valence-corrected chi connectivity index (χ0v) is 12.9. The quantitative estimate of drug-likeness (QED) is 0.657. The molecule has 0 saturated heterocycles. The Morgan fingerprint density at radius 1 is 1.19 bits per heavy atom. The summed E-state index contributed by atoms with van der Waals surface area (Å²) in [6, 6.07) is 6.83. The van der Waals surface area contributed by atoms with E-state index in [4.69, 9.17) is 14.6 Å². The first kappa shape index (κ1) is 17.0. The van der Waals surface area contributed by atoms with E-state index in [1.807, 2.05) is 6.92 Å². The van der Waals surface area contributed by atoms with Gasteiger partial charge in [0, 0.05) is 0 Å². The molecule has 0 radical (unpaired) electrons. The normalized spacial score (nSPS) is 12.6. The number of hydrogen-bond acceptors (Lipinski definition) is 4. The van der Waals surface area contributed by atoms with Gasteiger partial charge in [-0.15, -0.1) is 0 Å². The first-order valence-electron chi connectivity index (χ1n) is 6.94. The van der Waals surface area contributed by atoms with E-state index in [9.17, 15) is 9.59 Å². The fraction of sp³-hybridized carbons (Fsp3) is 0.500. The molecule has 1 aromatic carbocycles. The van der Waals surface area contributed by atoms with Crippen LogP contribution in [0.4, 0.5) is 4.79 Å². The van der Waals surface area contributed by atoms with Gasteiger partial charge in [-0.3, -0.25) is 4.79 Å². The minimum Gasteiger partial charge on any atom is -0.481 e. The van der Waals surface area contributed by atoms with Crippen molar-refractivity contribution in [3.05, 3.63) is 29.8 Å². The van der Waals surface area contributed by atoms with E-state index in [2.05, 4.69) is 0 Å². The lowest BCUT2D eigenvalue weighted by atomic mass is 9.93. The van der Waals surface area contributed by atoms with Crippen molar-refractivity contribution in [2.75, 3.05) is 0 Å². The molecule has 5 nitrogen and oxygen atoms in total. The van der Waals surface area contributed by atoms with Gasteiger partial charge in [0.1, 0.15) is 11.4 Å². The van der Waals surface area contributed by atoms with Gasteiger partial charge < -0.3 is 14.6 Å². The fourth-order valence-electron chi connectivity index (χ4n) is 1.88. The Balaban J connectivity index is 2.69. The second-order valence-electron chi connectivity index (χ2n) is 5.84. The summed E-state index contributed by atoms with van der Waals surface area (Å²) >= 11 is 0. The molecule has 0 saturated carbocycles. The number of rotatable bonds is 5. The summed E-state index contributed by atoms with van der Waals surface area (Å²) in [5.41, 5.74) is 0.308. The zero-order chi connectivity index (χ0) is 16.0. The molecule has 21 heavy (non-hydrogen) atoms. The lowest BCUT2D eigenvalue weighted by molar-refractivity contribution is -0.137. The SMILES string of the molecule is CCC(CC(=O)O)c1ccc(OC(=O)OC(C)(C)C)cc1. The van der Waals surface area contributed by atoms with Crippen molar-refractivity contribution in [1.82, 2.24) is 0 Å². The summed E-state index contributed by atoms with van der Waals surface area (Å²) in [7, 11) is 0. The van der Waals surface area contributed by atoms with E-state index in [0.717, 1.165) is 12.0 Å². The van der Waals surface area contributed by atoms with E-state index < -0.39 is 17.7 Å². The summed E-state index contributed by atoms with van der Waals surface area (Å²) in [5.74, 6) is -0.493. The van der Waals surface area contributed by atoms with Crippen LogP contribution in [0, 0.1) is 0 Å². The Kier molecular flexibility index (Phi) is 5.76. The number of aliphatic carboxylic acids is 1. The average Bonchev–Trinajstić information content (AvgIpc) is 2.34. The van der Waals surface area contributed by atoms with Gasteiger partial charge in [-0.1, -0.05) is 19.1 Å². The van der Waals surface area contributed by atoms with Crippen LogP contribution in [0.1, 0.15) is 52.0 Å². The smallest absolute Gasteiger partial charge is 0.481 e. The van der Waals surface area contributed by atoms with Crippen LogP contribution >= 0.6 is 0 Å². The molecule has 1 rings (SSSR count). The van der Waals surface area contributed by atoms with Gasteiger partial charge in [0.25, 0.3) is 0 Å². The minimum atomic E-state index is -0.823. The molecular formula is C16H22O5. The Hall–Kier alpha value is -2.04. The molecule has 1 atom stereocenters. The number of carboxylic acids is 1. The molecule has 0 bridgehead atoms. The molecule has 0 aliphatic carbocycles. The molecule has 0 heterocycles. The fourth-order valence-corrected chi connectivity index (χ4v) is 1.88. The maximum Gasteiger partial charge on any atom is 0.514 e. The van der Waals surface area contributed by atoms with Gasteiger partial charge in [0.15, 0.2) is 0 Å². The molecule has 0 spiro atoms. The van der Waals surface area contributed by atoms with Crippen LogP contribution in [0.5, 0.6) is 5.75 Å². The molecule has 0 aliphatic heterocycles. The molecule has 0 amide bonds. The molecule has 1 unspecified atom stereocenters. The van der Waals surface area contributed by atoms with E-state index in [1.54, 1.807) is 45.0 Å². The van der Waals surface area contributed by atoms with Gasteiger partial charge in [-0.2, -0.15) is 0 Å². The van der Waals surface area contributed by atoms with Crippen molar-refractivity contribution < 1.29 is 24.2 Å². The third-order valence-electron chi connectivity index (χ3n) is 2.86. The standard InChI is InChI=1S/C16H22O5/c1-5-11(10-14(17)18)12-6-8-13(9-7-12)20-15(19)21-16(2,3)4/h6-9,11H,5,10H2,1-4H3,(H,17,18). The molecular weight excluding hydrogens is 272 g/mol. The lowest BCUT2D eigenvalue weighted by Gasteiger charge is -2.19. The first-order chi connectivity index (χ1) is 9.71. The van der Waals surface area contributed by atoms with Crippen molar-refractivity contribution in [2.24, 2.45) is 0 Å². The number of carbonyl (C=O) groups is 2. The molecule has 0 fully saturated rings. The predicted molar refractivity (Wildman–Crippen MR) is 78.6 cm³/mol. The second kappa shape index (κ2) is 7.11. The molecule has 116 valence electrons. The van der Waals surface area contributed by atoms with Crippen LogP contribution in [-0.4, -0.2) is 22.8 Å². The lowest BCUT2D eigenvalue weighted by Crippen LogP contribution is -2.25. The summed E-state index contributed by atoms with van der Waals surface area (Å²) in [6.45, 7) is 7.22. The van der Waals surface area contributed by atoms with Crippen LogP contribution < -0.4 is 4.74 Å². The third kappa shape index (κ3) is 6.29. The van der Waals surface area contributed by atoms with E-state index >= 15 is 0 Å². The van der Waals surface area contributed by atoms with Gasteiger partial charge in [0.2, 0.25) is 0 Å². The monoisotopic (exact) mass is 294 g/mol. The highest BCUT2D eigenvalue weighted by molar-refractivity contribution is 5.68. The molecule has 1 aromatic rings. The van der Waals surface area contributed by atoms with Crippen LogP contribution in [0.15, 0.2) is 24.3 Å². The van der Waals surface area contributed by atoms with Crippen molar-refractivity contribution in [3.63, 3.8) is 0 Å². The van der Waals surface area contributed by atoms with Crippen LogP contribution in [-0.2, 0) is 9.53 Å². The van der Waals surface area contributed by atoms with Crippen molar-refractivity contribution in [3.8, 4) is 5.75 Å². The Bertz CT molecular complexity index is 484. The number of carbonyl (C=O) groups excluding carboxylic acids is 1. The summed E-state index contributed by atoms with van der Waals surface area (Å²) in [6.07, 6.45) is 0.0641. The largest absolute Gasteiger partial charge is 0.514 e.